The molecule has 1 N–H and O–H groups in total. The number of carboxylic acids is 1. The van der Waals surface area contributed by atoms with Crippen molar-refractivity contribution < 1.29 is 9.90 Å². The minimum absolute atomic E-state index is 0.302. The number of allylic oxidation sites excluding steroid dienone is 1. The Morgan fingerprint density at radius 1 is 1.21 bits per heavy atom. The number of carbonyl (C=O) groups is 1. The second-order valence-corrected chi connectivity index (χ2v) is 8.25. The fraction of sp³-hybridized carbons (Fsp3) is 0.318. The van der Waals surface area contributed by atoms with Crippen LogP contribution in [0.5, 0.6) is 0 Å². The number of benzene rings is 1. The van der Waals surface area contributed by atoms with E-state index in [4.69, 9.17) is 23.2 Å². The van der Waals surface area contributed by atoms with E-state index in [1.807, 2.05) is 12.3 Å². The molecular formula is C22H20Cl2N2O2. The Kier molecular flexibility index (Phi) is 5.26. The summed E-state index contributed by atoms with van der Waals surface area (Å²) in [5, 5.41) is 11.0. The summed E-state index contributed by atoms with van der Waals surface area (Å²) in [5.74, 6) is -0.653. The standard InChI is InChI=1S/C22H20Cl2N2O2/c1-12-20(22(27)28)18(6-4-14-9-17(23)5-7-19(14)24)21(26-12)16-8-15(10-25-11-16)13-2-3-13/h5,7-11,13,18H,2-4,6H2,1H3,(H,27,28). The van der Waals surface area contributed by atoms with Gasteiger partial charge in [-0.25, -0.2) is 4.79 Å². The number of aromatic nitrogens is 1. The molecule has 28 heavy (non-hydrogen) atoms. The van der Waals surface area contributed by atoms with Crippen molar-refractivity contribution in [2.24, 2.45) is 10.9 Å². The van der Waals surface area contributed by atoms with Gasteiger partial charge in [0.15, 0.2) is 0 Å². The predicted molar refractivity (Wildman–Crippen MR) is 111 cm³/mol. The van der Waals surface area contributed by atoms with Crippen LogP contribution in [0.25, 0.3) is 0 Å². The average Bonchev–Trinajstić information content (AvgIpc) is 3.46. The molecule has 1 fully saturated rings. The van der Waals surface area contributed by atoms with Crippen LogP contribution >= 0.6 is 23.2 Å². The van der Waals surface area contributed by atoms with Crippen LogP contribution in [0.15, 0.2) is 52.9 Å². The highest BCUT2D eigenvalue weighted by Crippen LogP contribution is 2.41. The van der Waals surface area contributed by atoms with E-state index in [9.17, 15) is 9.90 Å². The van der Waals surface area contributed by atoms with E-state index in [0.717, 1.165) is 16.8 Å². The molecule has 1 saturated carbocycles. The molecule has 144 valence electrons. The van der Waals surface area contributed by atoms with E-state index < -0.39 is 5.97 Å². The molecule has 1 aliphatic heterocycles. The molecule has 2 aromatic rings. The van der Waals surface area contributed by atoms with Gasteiger partial charge in [-0.05, 0) is 73.9 Å². The Morgan fingerprint density at radius 2 is 2.00 bits per heavy atom. The SMILES string of the molecule is CC1=C(C(=O)O)C(CCc2cc(Cl)ccc2Cl)C(c2cncc(C3CC3)c2)=N1. The third-order valence-electron chi connectivity index (χ3n) is 5.40. The van der Waals surface area contributed by atoms with Gasteiger partial charge in [-0.1, -0.05) is 23.2 Å². The highest BCUT2D eigenvalue weighted by Gasteiger charge is 2.34. The van der Waals surface area contributed by atoms with Crippen molar-refractivity contribution in [3.05, 3.63) is 74.7 Å². The van der Waals surface area contributed by atoms with Crippen LogP contribution in [0, 0.1) is 5.92 Å². The van der Waals surface area contributed by atoms with E-state index >= 15 is 0 Å². The molecule has 4 rings (SSSR count). The van der Waals surface area contributed by atoms with Gasteiger partial charge in [0, 0.05) is 39.6 Å². The van der Waals surface area contributed by atoms with Gasteiger partial charge in [0.25, 0.3) is 0 Å². The molecule has 0 spiro atoms. The third-order valence-corrected chi connectivity index (χ3v) is 6.00. The Bertz CT molecular complexity index is 1010. The molecule has 1 aromatic heterocycles. The number of hydrogen-bond acceptors (Lipinski definition) is 3. The quantitative estimate of drug-likeness (QED) is 0.661. The van der Waals surface area contributed by atoms with Gasteiger partial charge in [-0.2, -0.15) is 0 Å². The molecule has 1 aliphatic carbocycles. The van der Waals surface area contributed by atoms with Crippen LogP contribution in [0.2, 0.25) is 10.0 Å². The maximum absolute atomic E-state index is 11.9. The Hall–Kier alpha value is -2.17. The Labute approximate surface area is 173 Å². The van der Waals surface area contributed by atoms with Crippen LogP contribution in [0.1, 0.15) is 48.8 Å². The molecule has 6 heteroatoms. The molecule has 1 unspecified atom stereocenters. The zero-order valence-electron chi connectivity index (χ0n) is 15.5. The van der Waals surface area contributed by atoms with Crippen molar-refractivity contribution in [2.45, 2.75) is 38.5 Å². The number of aliphatic carboxylic acids is 1. The average molecular weight is 415 g/mol. The van der Waals surface area contributed by atoms with E-state index in [1.165, 1.54) is 18.4 Å². The summed E-state index contributed by atoms with van der Waals surface area (Å²) in [6.07, 6.45) is 7.25. The minimum Gasteiger partial charge on any atom is -0.478 e. The number of carboxylic acid groups (broad SMARTS) is 1. The Balaban J connectivity index is 1.64. The first-order chi connectivity index (χ1) is 13.4. The normalized spacial score (nSPS) is 19.1. The largest absolute Gasteiger partial charge is 0.478 e. The van der Waals surface area contributed by atoms with Gasteiger partial charge < -0.3 is 5.11 Å². The molecular weight excluding hydrogens is 395 g/mol. The summed E-state index contributed by atoms with van der Waals surface area (Å²) >= 11 is 12.4. The van der Waals surface area contributed by atoms with E-state index in [2.05, 4.69) is 16.0 Å². The molecule has 0 amide bonds. The lowest BCUT2D eigenvalue weighted by molar-refractivity contribution is -0.133. The van der Waals surface area contributed by atoms with E-state index in [0.29, 0.717) is 40.1 Å². The van der Waals surface area contributed by atoms with Crippen LogP contribution in [-0.4, -0.2) is 21.8 Å². The fourth-order valence-electron chi connectivity index (χ4n) is 3.83. The molecule has 2 heterocycles. The molecule has 1 atom stereocenters. The van der Waals surface area contributed by atoms with Crippen LogP contribution in [-0.2, 0) is 11.2 Å². The monoisotopic (exact) mass is 414 g/mol. The predicted octanol–water partition coefficient (Wildman–Crippen LogP) is 5.68. The van der Waals surface area contributed by atoms with Crippen molar-refractivity contribution in [3.63, 3.8) is 0 Å². The number of aliphatic imine (C=N–C) groups is 1. The molecule has 2 aliphatic rings. The highest BCUT2D eigenvalue weighted by molar-refractivity contribution is 6.33. The van der Waals surface area contributed by atoms with Gasteiger partial charge in [-0.3, -0.25) is 9.98 Å². The van der Waals surface area contributed by atoms with Crippen molar-refractivity contribution in [1.82, 2.24) is 4.98 Å². The number of pyridine rings is 1. The highest BCUT2D eigenvalue weighted by atomic mass is 35.5. The zero-order chi connectivity index (χ0) is 19.8. The molecule has 0 radical (unpaired) electrons. The van der Waals surface area contributed by atoms with Crippen LogP contribution in [0.4, 0.5) is 0 Å². The number of aryl methyl sites for hydroxylation is 1. The number of rotatable bonds is 6. The lowest BCUT2D eigenvalue weighted by atomic mass is 9.86. The van der Waals surface area contributed by atoms with Gasteiger partial charge in [0.2, 0.25) is 0 Å². The first-order valence-corrected chi connectivity index (χ1v) is 10.1. The number of nitrogens with zero attached hydrogens (tertiary/aromatic N) is 2. The third kappa shape index (κ3) is 3.85. The van der Waals surface area contributed by atoms with Gasteiger partial charge >= 0.3 is 5.97 Å². The van der Waals surface area contributed by atoms with Crippen molar-refractivity contribution >= 4 is 34.9 Å². The van der Waals surface area contributed by atoms with E-state index in [-0.39, 0.29) is 5.92 Å². The van der Waals surface area contributed by atoms with E-state index in [1.54, 1.807) is 25.3 Å². The number of hydrogen-bond donors (Lipinski definition) is 1. The molecule has 0 saturated heterocycles. The smallest absolute Gasteiger partial charge is 0.334 e. The zero-order valence-corrected chi connectivity index (χ0v) is 17.0. The minimum atomic E-state index is -0.926. The first-order valence-electron chi connectivity index (χ1n) is 9.36. The maximum atomic E-state index is 11.9. The second kappa shape index (κ2) is 7.69. The van der Waals surface area contributed by atoms with Crippen molar-refractivity contribution in [2.75, 3.05) is 0 Å². The lowest BCUT2D eigenvalue weighted by Gasteiger charge is -2.17. The summed E-state index contributed by atoms with van der Waals surface area (Å²) in [4.78, 5) is 20.9. The summed E-state index contributed by atoms with van der Waals surface area (Å²) in [5.41, 5.74) is 4.71. The lowest BCUT2D eigenvalue weighted by Crippen LogP contribution is -2.20. The first kappa shape index (κ1) is 19.2. The van der Waals surface area contributed by atoms with Gasteiger partial charge in [-0.15, -0.1) is 0 Å². The van der Waals surface area contributed by atoms with Crippen molar-refractivity contribution in [3.8, 4) is 0 Å². The molecule has 4 nitrogen and oxygen atoms in total. The Morgan fingerprint density at radius 3 is 2.71 bits per heavy atom. The van der Waals surface area contributed by atoms with Crippen LogP contribution < -0.4 is 0 Å². The number of halogens is 2. The second-order valence-electron chi connectivity index (χ2n) is 7.41. The maximum Gasteiger partial charge on any atom is 0.334 e. The van der Waals surface area contributed by atoms with Crippen molar-refractivity contribution in [1.29, 1.82) is 0 Å². The molecule has 1 aromatic carbocycles. The van der Waals surface area contributed by atoms with Gasteiger partial charge in [0.1, 0.15) is 0 Å². The summed E-state index contributed by atoms with van der Waals surface area (Å²) in [6.45, 7) is 1.76. The van der Waals surface area contributed by atoms with Gasteiger partial charge in [0.05, 0.1) is 11.3 Å². The fourth-order valence-corrected chi connectivity index (χ4v) is 4.24. The summed E-state index contributed by atoms with van der Waals surface area (Å²) < 4.78 is 0. The summed E-state index contributed by atoms with van der Waals surface area (Å²) in [7, 11) is 0. The summed E-state index contributed by atoms with van der Waals surface area (Å²) in [6, 6.07) is 7.46. The topological polar surface area (TPSA) is 62.5 Å². The van der Waals surface area contributed by atoms with Crippen LogP contribution in [0.3, 0.4) is 0 Å². The molecule has 0 bridgehead atoms.